The SMILES string of the molecule is CCC(CCO)CNC(=O)c1cnn(-c2ccccc2)c1. The Hall–Kier alpha value is -2.14. The molecule has 2 aromatic rings. The van der Waals surface area contributed by atoms with Gasteiger partial charge in [-0.2, -0.15) is 5.10 Å². The molecule has 1 aromatic carbocycles. The number of carbonyl (C=O) groups is 1. The molecule has 0 aliphatic heterocycles. The highest BCUT2D eigenvalue weighted by Crippen LogP contribution is 2.09. The van der Waals surface area contributed by atoms with E-state index in [1.807, 2.05) is 30.3 Å². The summed E-state index contributed by atoms with van der Waals surface area (Å²) < 4.78 is 1.68. The fourth-order valence-corrected chi connectivity index (χ4v) is 2.13. The van der Waals surface area contributed by atoms with E-state index in [-0.39, 0.29) is 12.5 Å². The van der Waals surface area contributed by atoms with Crippen LogP contribution in [-0.2, 0) is 0 Å². The van der Waals surface area contributed by atoms with Gasteiger partial charge in [-0.15, -0.1) is 0 Å². The molecule has 1 atom stereocenters. The van der Waals surface area contributed by atoms with Crippen molar-refractivity contribution < 1.29 is 9.90 Å². The Kier molecular flexibility index (Phi) is 5.51. The van der Waals surface area contributed by atoms with Crippen molar-refractivity contribution in [3.8, 4) is 5.69 Å². The van der Waals surface area contributed by atoms with Crippen molar-refractivity contribution in [1.29, 1.82) is 0 Å². The second-order valence-corrected chi connectivity index (χ2v) is 5.01. The molecule has 112 valence electrons. The Morgan fingerprint density at radius 3 is 2.81 bits per heavy atom. The molecule has 2 N–H and O–H groups in total. The normalized spacial score (nSPS) is 12.1. The van der Waals surface area contributed by atoms with Crippen molar-refractivity contribution >= 4 is 5.91 Å². The number of carbonyl (C=O) groups excluding carboxylic acids is 1. The molecule has 2 rings (SSSR count). The maximum atomic E-state index is 12.1. The van der Waals surface area contributed by atoms with Crippen LogP contribution in [0.2, 0.25) is 0 Å². The molecule has 0 saturated carbocycles. The minimum Gasteiger partial charge on any atom is -0.396 e. The van der Waals surface area contributed by atoms with Crippen LogP contribution in [0.4, 0.5) is 0 Å². The van der Waals surface area contributed by atoms with E-state index in [2.05, 4.69) is 17.3 Å². The zero-order chi connectivity index (χ0) is 15.1. The van der Waals surface area contributed by atoms with Gasteiger partial charge >= 0.3 is 0 Å². The summed E-state index contributed by atoms with van der Waals surface area (Å²) in [5.41, 5.74) is 1.46. The van der Waals surface area contributed by atoms with E-state index in [4.69, 9.17) is 5.11 Å². The topological polar surface area (TPSA) is 67.2 Å². The fourth-order valence-electron chi connectivity index (χ4n) is 2.13. The molecular formula is C16H21N3O2. The van der Waals surface area contributed by atoms with Crippen LogP contribution in [-0.4, -0.2) is 33.9 Å². The van der Waals surface area contributed by atoms with Crippen molar-refractivity contribution in [1.82, 2.24) is 15.1 Å². The molecule has 1 amide bonds. The van der Waals surface area contributed by atoms with E-state index < -0.39 is 0 Å². The highest BCUT2D eigenvalue weighted by atomic mass is 16.3. The van der Waals surface area contributed by atoms with Gasteiger partial charge in [0.1, 0.15) is 0 Å². The minimum absolute atomic E-state index is 0.131. The quantitative estimate of drug-likeness (QED) is 0.818. The van der Waals surface area contributed by atoms with Crippen LogP contribution in [0.1, 0.15) is 30.1 Å². The number of nitrogens with zero attached hydrogens (tertiary/aromatic N) is 2. The first-order chi connectivity index (χ1) is 10.2. The molecule has 21 heavy (non-hydrogen) atoms. The average molecular weight is 287 g/mol. The van der Waals surface area contributed by atoms with Gasteiger partial charge in [-0.1, -0.05) is 31.5 Å². The van der Waals surface area contributed by atoms with Gasteiger partial charge in [0.25, 0.3) is 5.91 Å². The standard InChI is InChI=1S/C16H21N3O2/c1-2-13(8-9-20)10-17-16(21)14-11-18-19(12-14)15-6-4-3-5-7-15/h3-7,11-13,20H,2,8-10H2,1H3,(H,17,21). The van der Waals surface area contributed by atoms with Gasteiger partial charge in [0.05, 0.1) is 17.4 Å². The molecule has 0 spiro atoms. The second-order valence-electron chi connectivity index (χ2n) is 5.01. The molecule has 0 radical (unpaired) electrons. The van der Waals surface area contributed by atoms with Crippen LogP contribution < -0.4 is 5.32 Å². The van der Waals surface area contributed by atoms with Gasteiger partial charge in [-0.25, -0.2) is 4.68 Å². The third kappa shape index (κ3) is 4.16. The van der Waals surface area contributed by atoms with Crippen LogP contribution in [0.3, 0.4) is 0 Å². The molecule has 0 bridgehead atoms. The second kappa shape index (κ2) is 7.59. The average Bonchev–Trinajstić information content (AvgIpc) is 3.02. The van der Waals surface area contributed by atoms with Crippen LogP contribution in [0, 0.1) is 5.92 Å². The zero-order valence-corrected chi connectivity index (χ0v) is 12.2. The van der Waals surface area contributed by atoms with Crippen molar-refractivity contribution in [3.63, 3.8) is 0 Å². The lowest BCUT2D eigenvalue weighted by atomic mass is 10.0. The molecule has 1 aromatic heterocycles. The number of benzene rings is 1. The third-order valence-electron chi connectivity index (χ3n) is 3.53. The lowest BCUT2D eigenvalue weighted by Gasteiger charge is -2.13. The van der Waals surface area contributed by atoms with Crippen LogP contribution >= 0.6 is 0 Å². The van der Waals surface area contributed by atoms with Gasteiger partial charge in [-0.3, -0.25) is 4.79 Å². The Labute approximate surface area is 124 Å². The van der Waals surface area contributed by atoms with Crippen molar-refractivity contribution in [2.45, 2.75) is 19.8 Å². The Balaban J connectivity index is 1.96. The molecule has 1 unspecified atom stereocenters. The molecule has 0 fully saturated rings. The van der Waals surface area contributed by atoms with Crippen LogP contribution in [0.25, 0.3) is 5.69 Å². The molecule has 0 saturated heterocycles. The van der Waals surface area contributed by atoms with Gasteiger partial charge < -0.3 is 10.4 Å². The summed E-state index contributed by atoms with van der Waals surface area (Å²) in [7, 11) is 0. The van der Waals surface area contributed by atoms with E-state index in [9.17, 15) is 4.79 Å². The monoisotopic (exact) mass is 287 g/mol. The number of aliphatic hydroxyl groups excluding tert-OH is 1. The van der Waals surface area contributed by atoms with Gasteiger partial charge in [0.2, 0.25) is 0 Å². The smallest absolute Gasteiger partial charge is 0.254 e. The highest BCUT2D eigenvalue weighted by molar-refractivity contribution is 5.93. The summed E-state index contributed by atoms with van der Waals surface area (Å²) in [6, 6.07) is 9.66. The van der Waals surface area contributed by atoms with Crippen LogP contribution in [0.15, 0.2) is 42.7 Å². The predicted octanol–water partition coefficient (Wildman–Crippen LogP) is 2.01. The van der Waals surface area contributed by atoms with Gasteiger partial charge in [0, 0.05) is 19.3 Å². The summed E-state index contributed by atoms with van der Waals surface area (Å²) >= 11 is 0. The van der Waals surface area contributed by atoms with Gasteiger partial charge in [-0.05, 0) is 24.5 Å². The lowest BCUT2D eigenvalue weighted by molar-refractivity contribution is 0.0943. The summed E-state index contributed by atoms with van der Waals surface area (Å²) in [4.78, 5) is 12.1. The molecule has 5 heteroatoms. The van der Waals surface area contributed by atoms with Crippen molar-refractivity contribution in [2.75, 3.05) is 13.2 Å². The Morgan fingerprint density at radius 2 is 2.14 bits per heavy atom. The number of amides is 1. The summed E-state index contributed by atoms with van der Waals surface area (Å²) in [5.74, 6) is 0.177. The van der Waals surface area contributed by atoms with Gasteiger partial charge in [0.15, 0.2) is 0 Å². The number of para-hydroxylation sites is 1. The first-order valence-electron chi connectivity index (χ1n) is 7.23. The molecule has 1 heterocycles. The van der Waals surface area contributed by atoms with E-state index >= 15 is 0 Å². The molecular weight excluding hydrogens is 266 g/mol. The minimum atomic E-state index is -0.131. The maximum Gasteiger partial charge on any atom is 0.254 e. The fraction of sp³-hybridized carbons (Fsp3) is 0.375. The number of rotatable bonds is 7. The van der Waals surface area contributed by atoms with Crippen molar-refractivity contribution in [3.05, 3.63) is 48.3 Å². The molecule has 0 aliphatic rings. The largest absolute Gasteiger partial charge is 0.396 e. The number of aromatic nitrogens is 2. The van der Waals surface area contributed by atoms with Crippen molar-refractivity contribution in [2.24, 2.45) is 5.92 Å². The lowest BCUT2D eigenvalue weighted by Crippen LogP contribution is -2.29. The molecule has 5 nitrogen and oxygen atoms in total. The predicted molar refractivity (Wildman–Crippen MR) is 81.4 cm³/mol. The summed E-state index contributed by atoms with van der Waals surface area (Å²) in [5, 5.41) is 16.1. The summed E-state index contributed by atoms with van der Waals surface area (Å²) in [6.45, 7) is 2.78. The Morgan fingerprint density at radius 1 is 1.38 bits per heavy atom. The van der Waals surface area contributed by atoms with E-state index in [1.54, 1.807) is 17.1 Å². The zero-order valence-electron chi connectivity index (χ0n) is 12.2. The summed E-state index contributed by atoms with van der Waals surface area (Å²) in [6.07, 6.45) is 4.93. The first kappa shape index (κ1) is 15.3. The third-order valence-corrected chi connectivity index (χ3v) is 3.53. The van der Waals surface area contributed by atoms with Crippen LogP contribution in [0.5, 0.6) is 0 Å². The maximum absolute atomic E-state index is 12.1. The molecule has 0 aliphatic carbocycles. The highest BCUT2D eigenvalue weighted by Gasteiger charge is 2.12. The number of hydrogen-bond donors (Lipinski definition) is 2. The number of aliphatic hydroxyl groups is 1. The van der Waals surface area contributed by atoms with E-state index in [0.29, 0.717) is 24.4 Å². The number of hydrogen-bond acceptors (Lipinski definition) is 3. The number of nitrogens with one attached hydrogen (secondary N) is 1. The first-order valence-corrected chi connectivity index (χ1v) is 7.23. The van der Waals surface area contributed by atoms with E-state index in [1.165, 1.54) is 0 Å². The van der Waals surface area contributed by atoms with E-state index in [0.717, 1.165) is 12.1 Å². The Bertz CT molecular complexity index is 566.